The molecule has 0 saturated carbocycles. The maximum absolute atomic E-state index is 10.8. The molecule has 16 heavy (non-hydrogen) atoms. The first-order chi connectivity index (χ1) is 7.54. The smallest absolute Gasteiger partial charge is 0.265 e. The van der Waals surface area contributed by atoms with E-state index in [-0.39, 0.29) is 11.7 Å². The van der Waals surface area contributed by atoms with Crippen LogP contribution in [0.4, 0.5) is 5.13 Å². The largest absolute Gasteiger partial charge is 0.348 e. The van der Waals surface area contributed by atoms with Gasteiger partial charge in [0.05, 0.1) is 5.75 Å². The Morgan fingerprint density at radius 1 is 1.62 bits per heavy atom. The second-order valence-corrected chi connectivity index (χ2v) is 6.39. The fourth-order valence-corrected chi connectivity index (χ4v) is 3.59. The molecule has 1 aliphatic heterocycles. The number of thiazole rings is 1. The Kier molecular flexibility index (Phi) is 3.46. The molecule has 90 valence electrons. The third-order valence-corrected chi connectivity index (χ3v) is 4.38. The van der Waals surface area contributed by atoms with E-state index in [1.807, 2.05) is 5.38 Å². The van der Waals surface area contributed by atoms with Crippen LogP contribution in [0, 0.1) is 5.92 Å². The van der Waals surface area contributed by atoms with Crippen LogP contribution < -0.4 is 4.90 Å². The van der Waals surface area contributed by atoms with Crippen molar-refractivity contribution in [2.75, 3.05) is 23.7 Å². The Bertz CT molecular complexity index is 430. The molecule has 7 heteroatoms. The Morgan fingerprint density at radius 3 is 3.06 bits per heavy atom. The highest BCUT2D eigenvalue weighted by molar-refractivity contribution is 7.85. The van der Waals surface area contributed by atoms with Crippen molar-refractivity contribution < 1.29 is 13.0 Å². The fourth-order valence-electron chi connectivity index (χ4n) is 2.04. The van der Waals surface area contributed by atoms with Gasteiger partial charge in [0.1, 0.15) is 0 Å². The predicted octanol–water partition coefficient (Wildman–Crippen LogP) is 1.25. The van der Waals surface area contributed by atoms with Gasteiger partial charge in [-0.3, -0.25) is 4.55 Å². The predicted molar refractivity (Wildman–Crippen MR) is 63.5 cm³/mol. The molecule has 1 aliphatic rings. The lowest BCUT2D eigenvalue weighted by atomic mass is 10.0. The first-order valence-electron chi connectivity index (χ1n) is 5.14. The van der Waals surface area contributed by atoms with Crippen molar-refractivity contribution >= 4 is 26.6 Å². The highest BCUT2D eigenvalue weighted by atomic mass is 32.2. The van der Waals surface area contributed by atoms with E-state index in [1.165, 1.54) is 0 Å². The van der Waals surface area contributed by atoms with E-state index in [0.29, 0.717) is 6.54 Å². The summed E-state index contributed by atoms with van der Waals surface area (Å²) in [4.78, 5) is 6.29. The Hall–Kier alpha value is -0.660. The lowest BCUT2D eigenvalue weighted by Crippen LogP contribution is -2.38. The number of anilines is 1. The van der Waals surface area contributed by atoms with Gasteiger partial charge in [0.2, 0.25) is 0 Å². The van der Waals surface area contributed by atoms with E-state index < -0.39 is 10.1 Å². The molecule has 2 heterocycles. The summed E-state index contributed by atoms with van der Waals surface area (Å²) in [7, 11) is -3.86. The summed E-state index contributed by atoms with van der Waals surface area (Å²) in [6.07, 6.45) is 3.54. The molecule has 5 nitrogen and oxygen atoms in total. The quantitative estimate of drug-likeness (QED) is 0.830. The van der Waals surface area contributed by atoms with Gasteiger partial charge in [0.25, 0.3) is 10.1 Å². The van der Waals surface area contributed by atoms with Gasteiger partial charge >= 0.3 is 0 Å². The first kappa shape index (κ1) is 11.8. The Balaban J connectivity index is 2.00. The van der Waals surface area contributed by atoms with Crippen LogP contribution >= 0.6 is 11.3 Å². The lowest BCUT2D eigenvalue weighted by molar-refractivity contribution is 0.420. The monoisotopic (exact) mass is 262 g/mol. The second-order valence-electron chi connectivity index (χ2n) is 4.02. The standard InChI is InChI=1S/C9H14N2O3S2/c12-16(13,14)7-8-2-1-4-11(6-8)9-10-3-5-15-9/h3,5,8H,1-2,4,6-7H2,(H,12,13,14). The van der Waals surface area contributed by atoms with Crippen LogP contribution in [0.25, 0.3) is 0 Å². The lowest BCUT2D eigenvalue weighted by Gasteiger charge is -2.31. The van der Waals surface area contributed by atoms with E-state index >= 15 is 0 Å². The van der Waals surface area contributed by atoms with Gasteiger partial charge in [-0.2, -0.15) is 8.42 Å². The van der Waals surface area contributed by atoms with Crippen LogP contribution in [0.15, 0.2) is 11.6 Å². The minimum atomic E-state index is -3.86. The fraction of sp³-hybridized carbons (Fsp3) is 0.667. The van der Waals surface area contributed by atoms with Crippen molar-refractivity contribution in [3.8, 4) is 0 Å². The normalized spacial score (nSPS) is 22.3. The van der Waals surface area contributed by atoms with Gasteiger partial charge in [-0.25, -0.2) is 4.98 Å². The number of hydrogen-bond acceptors (Lipinski definition) is 5. The van der Waals surface area contributed by atoms with Gasteiger partial charge in [0, 0.05) is 24.7 Å². The van der Waals surface area contributed by atoms with Crippen LogP contribution in [0.3, 0.4) is 0 Å². The molecule has 1 fully saturated rings. The molecule has 0 aliphatic carbocycles. The topological polar surface area (TPSA) is 70.5 Å². The zero-order valence-electron chi connectivity index (χ0n) is 8.74. The minimum Gasteiger partial charge on any atom is -0.348 e. The Morgan fingerprint density at radius 2 is 2.44 bits per heavy atom. The van der Waals surface area contributed by atoms with E-state index in [1.54, 1.807) is 17.5 Å². The maximum atomic E-state index is 10.8. The number of aromatic nitrogens is 1. The molecular weight excluding hydrogens is 248 g/mol. The first-order valence-corrected chi connectivity index (χ1v) is 7.63. The summed E-state index contributed by atoms with van der Waals surface area (Å²) in [6.45, 7) is 1.57. The summed E-state index contributed by atoms with van der Waals surface area (Å²) in [5.74, 6) is -0.137. The summed E-state index contributed by atoms with van der Waals surface area (Å²) in [5, 5.41) is 2.84. The number of hydrogen-bond donors (Lipinski definition) is 1. The van der Waals surface area contributed by atoms with E-state index in [4.69, 9.17) is 4.55 Å². The average Bonchev–Trinajstić information content (AvgIpc) is 2.68. The molecule has 1 unspecified atom stereocenters. The third kappa shape index (κ3) is 3.16. The average molecular weight is 262 g/mol. The van der Waals surface area contributed by atoms with Gasteiger partial charge in [-0.15, -0.1) is 11.3 Å². The van der Waals surface area contributed by atoms with Crippen LogP contribution in [0.2, 0.25) is 0 Å². The van der Waals surface area contributed by atoms with Gasteiger partial charge in [0.15, 0.2) is 5.13 Å². The molecular formula is C9H14N2O3S2. The highest BCUT2D eigenvalue weighted by Gasteiger charge is 2.25. The van der Waals surface area contributed by atoms with Crippen molar-refractivity contribution in [3.63, 3.8) is 0 Å². The molecule has 0 bridgehead atoms. The molecule has 0 spiro atoms. The zero-order valence-corrected chi connectivity index (χ0v) is 10.4. The van der Waals surface area contributed by atoms with Crippen LogP contribution in [-0.4, -0.2) is 36.8 Å². The summed E-state index contributed by atoms with van der Waals surface area (Å²) in [5.41, 5.74) is 0. The molecule has 0 radical (unpaired) electrons. The minimum absolute atomic E-state index is 0.00708. The van der Waals surface area contributed by atoms with Crippen molar-refractivity contribution in [1.82, 2.24) is 4.98 Å². The van der Waals surface area contributed by atoms with Crippen LogP contribution in [0.5, 0.6) is 0 Å². The number of piperidine rings is 1. The van der Waals surface area contributed by atoms with Crippen molar-refractivity contribution in [1.29, 1.82) is 0 Å². The third-order valence-electron chi connectivity index (χ3n) is 2.66. The summed E-state index contributed by atoms with van der Waals surface area (Å²) < 4.78 is 30.5. The van der Waals surface area contributed by atoms with Crippen molar-refractivity contribution in [2.45, 2.75) is 12.8 Å². The molecule has 0 amide bonds. The summed E-state index contributed by atoms with van der Waals surface area (Å²) in [6, 6.07) is 0. The number of nitrogens with zero attached hydrogens (tertiary/aromatic N) is 2. The van der Waals surface area contributed by atoms with Crippen LogP contribution in [-0.2, 0) is 10.1 Å². The van der Waals surface area contributed by atoms with Gasteiger partial charge in [-0.1, -0.05) is 0 Å². The maximum Gasteiger partial charge on any atom is 0.265 e. The van der Waals surface area contributed by atoms with Gasteiger partial charge in [-0.05, 0) is 18.8 Å². The highest BCUT2D eigenvalue weighted by Crippen LogP contribution is 2.25. The molecule has 2 rings (SSSR count). The molecule has 1 atom stereocenters. The van der Waals surface area contributed by atoms with Crippen molar-refractivity contribution in [2.24, 2.45) is 5.92 Å². The molecule has 1 aromatic heterocycles. The van der Waals surface area contributed by atoms with Crippen LogP contribution in [0.1, 0.15) is 12.8 Å². The van der Waals surface area contributed by atoms with E-state index in [2.05, 4.69) is 9.88 Å². The van der Waals surface area contributed by atoms with Gasteiger partial charge < -0.3 is 4.90 Å². The molecule has 0 aromatic carbocycles. The summed E-state index contributed by atoms with van der Waals surface area (Å²) >= 11 is 1.55. The van der Waals surface area contributed by atoms with E-state index in [9.17, 15) is 8.42 Å². The molecule has 1 saturated heterocycles. The SMILES string of the molecule is O=S(=O)(O)CC1CCCN(c2nccs2)C1. The molecule has 1 N–H and O–H groups in total. The van der Waals surface area contributed by atoms with Crippen molar-refractivity contribution in [3.05, 3.63) is 11.6 Å². The molecule has 1 aromatic rings. The zero-order chi connectivity index (χ0) is 11.6. The van der Waals surface area contributed by atoms with E-state index in [0.717, 1.165) is 24.5 Å². The Labute approximate surface area is 98.9 Å². The number of rotatable bonds is 3. The second kappa shape index (κ2) is 4.68.